The number of rotatable bonds is 8. The summed E-state index contributed by atoms with van der Waals surface area (Å²) in [5, 5.41) is 11.3. The van der Waals surface area contributed by atoms with Gasteiger partial charge in [-0.2, -0.15) is 0 Å². The highest BCUT2D eigenvalue weighted by atomic mass is 16.5. The van der Waals surface area contributed by atoms with E-state index in [-0.39, 0.29) is 17.9 Å². The number of para-hydroxylation sites is 1. The Hall–Kier alpha value is -4.33. The molecule has 1 aromatic heterocycles. The van der Waals surface area contributed by atoms with Gasteiger partial charge in [-0.1, -0.05) is 18.2 Å². The van der Waals surface area contributed by atoms with Gasteiger partial charge in [0.2, 0.25) is 0 Å². The van der Waals surface area contributed by atoms with Gasteiger partial charge in [0, 0.05) is 30.1 Å². The summed E-state index contributed by atoms with van der Waals surface area (Å²) in [5.74, 6) is -0.345. The van der Waals surface area contributed by atoms with Gasteiger partial charge < -0.3 is 24.2 Å². The second-order valence-electron chi connectivity index (χ2n) is 7.83. The summed E-state index contributed by atoms with van der Waals surface area (Å²) in [5.41, 5.74) is 1.61. The minimum absolute atomic E-state index is 0.0328. The highest BCUT2D eigenvalue weighted by Gasteiger charge is 2.47. The summed E-state index contributed by atoms with van der Waals surface area (Å²) < 4.78 is 16.5. The molecule has 1 N–H and O–H groups in total. The van der Waals surface area contributed by atoms with E-state index in [0.29, 0.717) is 35.0 Å². The molecule has 8 heteroatoms. The molecule has 180 valence electrons. The Labute approximate surface area is 203 Å². The van der Waals surface area contributed by atoms with Crippen LogP contribution in [0, 0.1) is 0 Å². The predicted molar refractivity (Wildman–Crippen MR) is 129 cm³/mol. The number of carbonyl (C=O) groups excluding carboxylic acids is 2. The minimum Gasteiger partial charge on any atom is -0.507 e. The molecule has 0 saturated carbocycles. The number of amides is 1. The number of ether oxygens (including phenoxy) is 3. The topological polar surface area (TPSA) is 98.2 Å². The van der Waals surface area contributed by atoms with E-state index in [1.54, 1.807) is 60.9 Å². The highest BCUT2D eigenvalue weighted by Crippen LogP contribution is 2.46. The number of aliphatic hydroxyl groups is 1. The number of Topliss-reactive ketones (excluding diaryl/α,β-unsaturated/α-hetero) is 1. The van der Waals surface area contributed by atoms with Gasteiger partial charge in [-0.25, -0.2) is 0 Å². The number of hydrogen-bond acceptors (Lipinski definition) is 7. The standard InChI is InChI=1S/C27H26N2O6/c1-4-35-19-12-10-18(11-13-19)24(30)22-23(20-8-5-9-21(33-2)26(20)34-3)29(27(32)25(22)31)16-17-7-6-14-28-15-17/h5-15,23,30H,4,16H2,1-3H3. The number of hydrogen-bond donors (Lipinski definition) is 1. The third kappa shape index (κ3) is 4.55. The van der Waals surface area contributed by atoms with Crippen LogP contribution in [0.4, 0.5) is 0 Å². The SMILES string of the molecule is CCOc1ccc(C(O)=C2C(=O)C(=O)N(Cc3cccnc3)C2c2cccc(OC)c2OC)cc1. The molecule has 1 amide bonds. The zero-order valence-corrected chi connectivity index (χ0v) is 19.7. The van der Waals surface area contributed by atoms with E-state index in [4.69, 9.17) is 14.2 Å². The minimum atomic E-state index is -0.910. The number of carbonyl (C=O) groups is 2. The fraction of sp³-hybridized carbons (Fsp3) is 0.222. The summed E-state index contributed by atoms with van der Waals surface area (Å²) in [6, 6.07) is 14.6. The van der Waals surface area contributed by atoms with E-state index in [0.717, 1.165) is 5.56 Å². The second-order valence-corrected chi connectivity index (χ2v) is 7.83. The van der Waals surface area contributed by atoms with Crippen LogP contribution in [0.1, 0.15) is 29.7 Å². The van der Waals surface area contributed by atoms with Gasteiger partial charge in [0.1, 0.15) is 11.5 Å². The summed E-state index contributed by atoms with van der Waals surface area (Å²) >= 11 is 0. The molecule has 0 spiro atoms. The van der Waals surface area contributed by atoms with E-state index in [1.807, 2.05) is 13.0 Å². The Morgan fingerprint density at radius 1 is 1.03 bits per heavy atom. The van der Waals surface area contributed by atoms with Crippen molar-refractivity contribution in [1.82, 2.24) is 9.88 Å². The lowest BCUT2D eigenvalue weighted by Gasteiger charge is -2.27. The van der Waals surface area contributed by atoms with Crippen molar-refractivity contribution in [2.45, 2.75) is 19.5 Å². The molecule has 0 radical (unpaired) electrons. The first-order valence-corrected chi connectivity index (χ1v) is 11.1. The van der Waals surface area contributed by atoms with Crippen molar-refractivity contribution in [3.8, 4) is 17.2 Å². The smallest absolute Gasteiger partial charge is 0.295 e. The Bertz CT molecular complexity index is 1250. The molecule has 1 atom stereocenters. The Kier molecular flexibility index (Phi) is 7.01. The number of benzene rings is 2. The first-order valence-electron chi connectivity index (χ1n) is 11.1. The Balaban J connectivity index is 1.89. The van der Waals surface area contributed by atoms with Gasteiger partial charge in [0.15, 0.2) is 11.5 Å². The van der Waals surface area contributed by atoms with Gasteiger partial charge in [-0.3, -0.25) is 14.6 Å². The van der Waals surface area contributed by atoms with Crippen LogP contribution < -0.4 is 14.2 Å². The van der Waals surface area contributed by atoms with E-state index in [9.17, 15) is 14.7 Å². The van der Waals surface area contributed by atoms with E-state index < -0.39 is 17.7 Å². The van der Waals surface area contributed by atoms with Crippen molar-refractivity contribution in [1.29, 1.82) is 0 Å². The van der Waals surface area contributed by atoms with Crippen LogP contribution in [-0.4, -0.2) is 47.5 Å². The van der Waals surface area contributed by atoms with Crippen molar-refractivity contribution in [3.63, 3.8) is 0 Å². The van der Waals surface area contributed by atoms with Gasteiger partial charge in [-0.05, 0) is 48.9 Å². The molecular formula is C27H26N2O6. The maximum absolute atomic E-state index is 13.3. The molecule has 0 bridgehead atoms. The van der Waals surface area contributed by atoms with Crippen LogP contribution in [0.2, 0.25) is 0 Å². The lowest BCUT2D eigenvalue weighted by Crippen LogP contribution is -2.29. The molecule has 1 aliphatic rings. The molecular weight excluding hydrogens is 448 g/mol. The van der Waals surface area contributed by atoms with Crippen molar-refractivity contribution in [3.05, 3.63) is 89.3 Å². The Morgan fingerprint density at radius 3 is 2.43 bits per heavy atom. The number of likely N-dealkylation sites (tertiary alicyclic amines) is 1. The first kappa shape index (κ1) is 23.8. The molecule has 35 heavy (non-hydrogen) atoms. The van der Waals surface area contributed by atoms with Crippen LogP contribution in [0.3, 0.4) is 0 Å². The predicted octanol–water partition coefficient (Wildman–Crippen LogP) is 4.12. The van der Waals surface area contributed by atoms with Crippen molar-refractivity contribution >= 4 is 17.4 Å². The van der Waals surface area contributed by atoms with Crippen molar-refractivity contribution in [2.75, 3.05) is 20.8 Å². The molecule has 1 aliphatic heterocycles. The number of nitrogens with zero attached hydrogens (tertiary/aromatic N) is 2. The number of aromatic nitrogens is 1. The average Bonchev–Trinajstić information content (AvgIpc) is 3.13. The zero-order chi connectivity index (χ0) is 24.9. The molecule has 2 heterocycles. The second kappa shape index (κ2) is 10.3. The monoisotopic (exact) mass is 474 g/mol. The maximum Gasteiger partial charge on any atom is 0.295 e. The van der Waals surface area contributed by atoms with Crippen molar-refractivity contribution < 1.29 is 28.9 Å². The van der Waals surface area contributed by atoms with E-state index in [2.05, 4.69) is 4.98 Å². The van der Waals surface area contributed by atoms with Gasteiger partial charge >= 0.3 is 0 Å². The lowest BCUT2D eigenvalue weighted by molar-refractivity contribution is -0.140. The molecule has 3 aromatic rings. The summed E-state index contributed by atoms with van der Waals surface area (Å²) in [6.45, 7) is 2.49. The molecule has 1 unspecified atom stereocenters. The maximum atomic E-state index is 13.3. The van der Waals surface area contributed by atoms with Gasteiger partial charge in [-0.15, -0.1) is 0 Å². The normalized spacial score (nSPS) is 16.9. The summed E-state index contributed by atoms with van der Waals surface area (Å²) in [4.78, 5) is 32.1. The Morgan fingerprint density at radius 2 is 1.80 bits per heavy atom. The molecule has 1 saturated heterocycles. The number of aliphatic hydroxyl groups excluding tert-OH is 1. The fourth-order valence-corrected chi connectivity index (χ4v) is 4.21. The largest absolute Gasteiger partial charge is 0.507 e. The molecule has 2 aromatic carbocycles. The number of methoxy groups -OCH3 is 2. The summed E-state index contributed by atoms with van der Waals surface area (Å²) in [6.07, 6.45) is 3.26. The van der Waals surface area contributed by atoms with Gasteiger partial charge in [0.05, 0.1) is 32.4 Å². The molecule has 0 aliphatic carbocycles. The molecule has 4 rings (SSSR count). The summed E-state index contributed by atoms with van der Waals surface area (Å²) in [7, 11) is 3.00. The van der Waals surface area contributed by atoms with Crippen LogP contribution in [0.15, 0.2) is 72.6 Å². The third-order valence-corrected chi connectivity index (χ3v) is 5.78. The van der Waals surface area contributed by atoms with E-state index >= 15 is 0 Å². The number of pyridine rings is 1. The lowest BCUT2D eigenvalue weighted by atomic mass is 9.94. The zero-order valence-electron chi connectivity index (χ0n) is 19.7. The molecule has 1 fully saturated rings. The van der Waals surface area contributed by atoms with E-state index in [1.165, 1.54) is 19.1 Å². The molecule has 8 nitrogen and oxygen atoms in total. The third-order valence-electron chi connectivity index (χ3n) is 5.78. The van der Waals surface area contributed by atoms with Crippen LogP contribution >= 0.6 is 0 Å². The first-order chi connectivity index (χ1) is 17.0. The van der Waals surface area contributed by atoms with Crippen LogP contribution in [-0.2, 0) is 16.1 Å². The van der Waals surface area contributed by atoms with Crippen molar-refractivity contribution in [2.24, 2.45) is 0 Å². The van der Waals surface area contributed by atoms with Gasteiger partial charge in [0.25, 0.3) is 11.7 Å². The van der Waals surface area contributed by atoms with Crippen LogP contribution in [0.5, 0.6) is 17.2 Å². The average molecular weight is 475 g/mol. The fourth-order valence-electron chi connectivity index (χ4n) is 4.21. The highest BCUT2D eigenvalue weighted by molar-refractivity contribution is 6.46. The number of ketones is 1. The quantitative estimate of drug-likeness (QED) is 0.298. The van der Waals surface area contributed by atoms with Crippen LogP contribution in [0.25, 0.3) is 5.76 Å².